The van der Waals surface area contributed by atoms with E-state index in [2.05, 4.69) is 0 Å². The molecule has 3 heteroatoms. The van der Waals surface area contributed by atoms with Crippen LogP contribution in [0.2, 0.25) is 0 Å². The molecule has 0 unspecified atom stereocenters. The van der Waals surface area contributed by atoms with Gasteiger partial charge in [-0.25, -0.2) is 0 Å². The first kappa shape index (κ1) is 10.7. The standard InChI is InChI=1S/C11H19ClO2/c12-8-11(3-5-13-6-4-11)9-14-7-10-1-2-10/h10H,1-9H2. The summed E-state index contributed by atoms with van der Waals surface area (Å²) in [4.78, 5) is 0. The monoisotopic (exact) mass is 218 g/mol. The van der Waals surface area contributed by atoms with Crippen molar-refractivity contribution in [1.29, 1.82) is 0 Å². The predicted octanol–water partition coefficient (Wildman–Crippen LogP) is 2.45. The third-order valence-corrected chi connectivity index (χ3v) is 3.86. The second-order valence-corrected chi connectivity index (χ2v) is 4.97. The van der Waals surface area contributed by atoms with Crippen LogP contribution in [0.15, 0.2) is 0 Å². The lowest BCUT2D eigenvalue weighted by Crippen LogP contribution is -2.36. The predicted molar refractivity (Wildman–Crippen MR) is 56.7 cm³/mol. The van der Waals surface area contributed by atoms with Gasteiger partial charge in [-0.15, -0.1) is 11.6 Å². The number of rotatable bonds is 5. The van der Waals surface area contributed by atoms with Crippen molar-refractivity contribution in [3.8, 4) is 0 Å². The van der Waals surface area contributed by atoms with E-state index >= 15 is 0 Å². The second kappa shape index (κ2) is 4.82. The lowest BCUT2D eigenvalue weighted by molar-refractivity contribution is -0.0299. The van der Waals surface area contributed by atoms with Gasteiger partial charge in [-0.2, -0.15) is 0 Å². The molecule has 0 aromatic heterocycles. The molecule has 0 atom stereocenters. The molecule has 2 nitrogen and oxygen atoms in total. The molecule has 0 N–H and O–H groups in total. The van der Waals surface area contributed by atoms with Gasteiger partial charge in [-0.3, -0.25) is 0 Å². The van der Waals surface area contributed by atoms with Gasteiger partial charge in [0, 0.05) is 31.1 Å². The summed E-state index contributed by atoms with van der Waals surface area (Å²) in [5.74, 6) is 1.56. The van der Waals surface area contributed by atoms with Gasteiger partial charge in [-0.1, -0.05) is 0 Å². The van der Waals surface area contributed by atoms with E-state index in [1.807, 2.05) is 0 Å². The van der Waals surface area contributed by atoms with Gasteiger partial charge in [0.15, 0.2) is 0 Å². The Labute approximate surface area is 90.9 Å². The topological polar surface area (TPSA) is 18.5 Å². The molecule has 1 saturated carbocycles. The molecule has 1 heterocycles. The minimum absolute atomic E-state index is 0.203. The number of ether oxygens (including phenoxy) is 2. The molecule has 2 aliphatic rings. The minimum atomic E-state index is 0.203. The van der Waals surface area contributed by atoms with Crippen molar-refractivity contribution >= 4 is 11.6 Å². The van der Waals surface area contributed by atoms with E-state index in [-0.39, 0.29) is 5.41 Å². The van der Waals surface area contributed by atoms with Crippen LogP contribution < -0.4 is 0 Å². The summed E-state index contributed by atoms with van der Waals surface area (Å²) < 4.78 is 11.1. The number of hydrogen-bond acceptors (Lipinski definition) is 2. The van der Waals surface area contributed by atoms with Crippen LogP contribution in [0.5, 0.6) is 0 Å². The summed E-state index contributed by atoms with van der Waals surface area (Å²) in [5.41, 5.74) is 0.203. The summed E-state index contributed by atoms with van der Waals surface area (Å²) in [5, 5.41) is 0. The highest BCUT2D eigenvalue weighted by Crippen LogP contribution is 2.34. The van der Waals surface area contributed by atoms with Crippen molar-refractivity contribution < 1.29 is 9.47 Å². The number of hydrogen-bond donors (Lipinski definition) is 0. The van der Waals surface area contributed by atoms with Crippen molar-refractivity contribution in [2.24, 2.45) is 11.3 Å². The van der Waals surface area contributed by atoms with E-state index < -0.39 is 0 Å². The van der Waals surface area contributed by atoms with Crippen LogP contribution in [0, 0.1) is 11.3 Å². The Kier molecular flexibility index (Phi) is 3.69. The summed E-state index contributed by atoms with van der Waals surface area (Å²) in [6.07, 6.45) is 4.83. The average Bonchev–Trinajstić information content (AvgIpc) is 3.03. The first-order chi connectivity index (χ1) is 6.85. The Balaban J connectivity index is 1.71. The quantitative estimate of drug-likeness (QED) is 0.660. The van der Waals surface area contributed by atoms with Gasteiger partial charge < -0.3 is 9.47 Å². The molecule has 1 saturated heterocycles. The Hall–Kier alpha value is 0.210. The summed E-state index contributed by atoms with van der Waals surface area (Å²) in [6.45, 7) is 3.47. The van der Waals surface area contributed by atoms with Gasteiger partial charge in [-0.05, 0) is 31.6 Å². The zero-order chi connectivity index (χ0) is 9.86. The second-order valence-electron chi connectivity index (χ2n) is 4.70. The lowest BCUT2D eigenvalue weighted by atomic mass is 9.83. The van der Waals surface area contributed by atoms with Crippen molar-refractivity contribution in [1.82, 2.24) is 0 Å². The number of halogens is 1. The molecule has 2 rings (SSSR count). The Bertz CT molecular complexity index is 174. The highest BCUT2D eigenvalue weighted by molar-refractivity contribution is 6.18. The third-order valence-electron chi connectivity index (χ3n) is 3.30. The molecular weight excluding hydrogens is 200 g/mol. The fourth-order valence-electron chi connectivity index (χ4n) is 1.85. The van der Waals surface area contributed by atoms with Crippen LogP contribution >= 0.6 is 11.6 Å². The van der Waals surface area contributed by atoms with Crippen molar-refractivity contribution in [2.75, 3.05) is 32.3 Å². The van der Waals surface area contributed by atoms with Crippen molar-refractivity contribution in [2.45, 2.75) is 25.7 Å². The van der Waals surface area contributed by atoms with Crippen molar-refractivity contribution in [3.05, 3.63) is 0 Å². The zero-order valence-electron chi connectivity index (χ0n) is 8.64. The van der Waals surface area contributed by atoms with Crippen LogP contribution in [0.25, 0.3) is 0 Å². The van der Waals surface area contributed by atoms with E-state index in [4.69, 9.17) is 21.1 Å². The molecule has 0 amide bonds. The fourth-order valence-corrected chi connectivity index (χ4v) is 2.19. The van der Waals surface area contributed by atoms with Crippen LogP contribution in [-0.4, -0.2) is 32.3 Å². The Morgan fingerprint density at radius 2 is 2.00 bits per heavy atom. The Morgan fingerprint density at radius 1 is 1.29 bits per heavy atom. The SMILES string of the molecule is ClCC1(COCC2CC2)CCOCC1. The summed E-state index contributed by atoms with van der Waals surface area (Å²) in [6, 6.07) is 0. The smallest absolute Gasteiger partial charge is 0.0535 e. The van der Waals surface area contributed by atoms with Crippen LogP contribution in [0.1, 0.15) is 25.7 Å². The Morgan fingerprint density at radius 3 is 2.57 bits per heavy atom. The highest BCUT2D eigenvalue weighted by atomic mass is 35.5. The molecule has 0 spiro atoms. The molecule has 14 heavy (non-hydrogen) atoms. The third kappa shape index (κ3) is 2.85. The molecule has 1 aliphatic carbocycles. The van der Waals surface area contributed by atoms with Gasteiger partial charge in [0.25, 0.3) is 0 Å². The minimum Gasteiger partial charge on any atom is -0.381 e. The van der Waals surface area contributed by atoms with E-state index in [9.17, 15) is 0 Å². The van der Waals surface area contributed by atoms with Gasteiger partial charge in [0.2, 0.25) is 0 Å². The zero-order valence-corrected chi connectivity index (χ0v) is 9.39. The summed E-state index contributed by atoms with van der Waals surface area (Å²) in [7, 11) is 0. The fraction of sp³-hybridized carbons (Fsp3) is 1.00. The van der Waals surface area contributed by atoms with E-state index in [0.717, 1.165) is 45.2 Å². The first-order valence-corrected chi connectivity index (χ1v) is 6.10. The molecule has 2 fully saturated rings. The number of alkyl halides is 1. The first-order valence-electron chi connectivity index (χ1n) is 5.56. The van der Waals surface area contributed by atoms with E-state index in [1.54, 1.807) is 0 Å². The van der Waals surface area contributed by atoms with Crippen LogP contribution in [0.4, 0.5) is 0 Å². The van der Waals surface area contributed by atoms with Gasteiger partial charge >= 0.3 is 0 Å². The lowest BCUT2D eigenvalue weighted by Gasteiger charge is -2.35. The molecule has 0 bridgehead atoms. The molecule has 0 radical (unpaired) electrons. The van der Waals surface area contributed by atoms with Crippen molar-refractivity contribution in [3.63, 3.8) is 0 Å². The maximum atomic E-state index is 6.03. The highest BCUT2D eigenvalue weighted by Gasteiger charge is 2.33. The molecular formula is C11H19ClO2. The van der Waals surface area contributed by atoms with Gasteiger partial charge in [0.05, 0.1) is 6.61 Å². The van der Waals surface area contributed by atoms with E-state index in [1.165, 1.54) is 12.8 Å². The van der Waals surface area contributed by atoms with Crippen LogP contribution in [0.3, 0.4) is 0 Å². The maximum absolute atomic E-state index is 6.03. The molecule has 0 aromatic rings. The van der Waals surface area contributed by atoms with E-state index in [0.29, 0.717) is 5.88 Å². The molecule has 82 valence electrons. The molecule has 0 aromatic carbocycles. The maximum Gasteiger partial charge on any atom is 0.0535 e. The van der Waals surface area contributed by atoms with Gasteiger partial charge in [0.1, 0.15) is 0 Å². The molecule has 1 aliphatic heterocycles. The largest absolute Gasteiger partial charge is 0.381 e. The van der Waals surface area contributed by atoms with Crippen LogP contribution in [-0.2, 0) is 9.47 Å². The summed E-state index contributed by atoms with van der Waals surface area (Å²) >= 11 is 6.03. The normalized spacial score (nSPS) is 26.4. The average molecular weight is 219 g/mol.